The van der Waals surface area contributed by atoms with E-state index in [0.29, 0.717) is 17.8 Å². The van der Waals surface area contributed by atoms with Crippen molar-refractivity contribution >= 4 is 21.6 Å². The first-order valence-corrected chi connectivity index (χ1v) is 12.1. The average Bonchev–Trinajstić information content (AvgIpc) is 2.76. The van der Waals surface area contributed by atoms with Crippen molar-refractivity contribution in [2.75, 3.05) is 17.1 Å². The molecule has 0 bridgehead atoms. The Morgan fingerprint density at radius 1 is 0.935 bits per heavy atom. The molecule has 0 aromatic heterocycles. The number of carbonyl (C=O) groups excluding carboxylic acids is 1. The van der Waals surface area contributed by atoms with E-state index in [-0.39, 0.29) is 18.4 Å². The summed E-state index contributed by atoms with van der Waals surface area (Å²) in [5, 5.41) is 2.97. The van der Waals surface area contributed by atoms with E-state index >= 15 is 0 Å². The molecule has 0 spiro atoms. The van der Waals surface area contributed by atoms with E-state index in [1.165, 1.54) is 16.1 Å². The van der Waals surface area contributed by atoms with Crippen LogP contribution in [0.2, 0.25) is 0 Å². The first-order valence-electron chi connectivity index (χ1n) is 10.2. The van der Waals surface area contributed by atoms with E-state index < -0.39 is 10.0 Å². The molecule has 0 aliphatic heterocycles. The van der Waals surface area contributed by atoms with Gasteiger partial charge in [-0.2, -0.15) is 0 Å². The number of carbonyl (C=O) groups is 1. The van der Waals surface area contributed by atoms with E-state index in [9.17, 15) is 13.2 Å². The molecule has 6 heteroatoms. The van der Waals surface area contributed by atoms with Crippen LogP contribution in [0.5, 0.6) is 0 Å². The van der Waals surface area contributed by atoms with Crippen molar-refractivity contribution in [3.8, 4) is 0 Å². The highest BCUT2D eigenvalue weighted by Crippen LogP contribution is 2.24. The number of rotatable bonds is 8. The first kappa shape index (κ1) is 22.6. The number of hydrogen-bond acceptors (Lipinski definition) is 3. The van der Waals surface area contributed by atoms with E-state index in [1.807, 2.05) is 55.5 Å². The highest BCUT2D eigenvalue weighted by molar-refractivity contribution is 7.92. The van der Waals surface area contributed by atoms with Gasteiger partial charge in [0.25, 0.3) is 5.91 Å². The zero-order chi connectivity index (χ0) is 22.4. The van der Waals surface area contributed by atoms with Gasteiger partial charge in [-0.05, 0) is 47.7 Å². The SMILES string of the molecule is Cc1ccccc1N(Cc1ccc(C(=O)NC[C@H](C)c2ccccc2)cc1)S(C)(=O)=O. The molecule has 1 N–H and O–H groups in total. The van der Waals surface area contributed by atoms with Crippen molar-refractivity contribution in [3.63, 3.8) is 0 Å². The highest BCUT2D eigenvalue weighted by Gasteiger charge is 2.19. The Bertz CT molecular complexity index is 1130. The molecule has 0 radical (unpaired) electrons. The summed E-state index contributed by atoms with van der Waals surface area (Å²) in [6.45, 7) is 4.71. The van der Waals surface area contributed by atoms with Crippen LogP contribution < -0.4 is 9.62 Å². The number of nitrogens with one attached hydrogen (secondary N) is 1. The summed E-state index contributed by atoms with van der Waals surface area (Å²) in [6.07, 6.45) is 1.20. The third kappa shape index (κ3) is 5.95. The van der Waals surface area contributed by atoms with Crippen LogP contribution in [-0.4, -0.2) is 27.1 Å². The molecule has 3 aromatic rings. The Balaban J connectivity index is 1.67. The maximum absolute atomic E-state index is 12.5. The molecular formula is C25H28N2O3S. The number of amides is 1. The van der Waals surface area contributed by atoms with Crippen LogP contribution in [0, 0.1) is 6.92 Å². The monoisotopic (exact) mass is 436 g/mol. The molecule has 0 heterocycles. The molecule has 0 fully saturated rings. The van der Waals surface area contributed by atoms with Crippen molar-refractivity contribution in [3.05, 3.63) is 101 Å². The van der Waals surface area contributed by atoms with Gasteiger partial charge in [-0.1, -0.05) is 67.6 Å². The molecular weight excluding hydrogens is 408 g/mol. The summed E-state index contributed by atoms with van der Waals surface area (Å²) in [4.78, 5) is 12.5. The van der Waals surface area contributed by atoms with Crippen LogP contribution in [0.1, 0.15) is 39.9 Å². The Labute approximate surface area is 184 Å². The van der Waals surface area contributed by atoms with Crippen LogP contribution in [0.3, 0.4) is 0 Å². The molecule has 3 rings (SSSR count). The molecule has 0 aliphatic carbocycles. The lowest BCUT2D eigenvalue weighted by Crippen LogP contribution is -2.30. The molecule has 0 saturated carbocycles. The van der Waals surface area contributed by atoms with Crippen molar-refractivity contribution < 1.29 is 13.2 Å². The van der Waals surface area contributed by atoms with Crippen LogP contribution in [0.4, 0.5) is 5.69 Å². The van der Waals surface area contributed by atoms with Crippen molar-refractivity contribution in [1.29, 1.82) is 0 Å². The molecule has 162 valence electrons. The highest BCUT2D eigenvalue weighted by atomic mass is 32.2. The molecule has 1 amide bonds. The number of aryl methyl sites for hydroxylation is 1. The summed E-state index contributed by atoms with van der Waals surface area (Å²) in [7, 11) is -3.46. The minimum Gasteiger partial charge on any atom is -0.351 e. The van der Waals surface area contributed by atoms with E-state index in [2.05, 4.69) is 12.2 Å². The quantitative estimate of drug-likeness (QED) is 0.566. The summed E-state index contributed by atoms with van der Waals surface area (Å²) in [5.74, 6) is 0.0649. The zero-order valence-electron chi connectivity index (χ0n) is 18.1. The van der Waals surface area contributed by atoms with Gasteiger partial charge < -0.3 is 5.32 Å². The zero-order valence-corrected chi connectivity index (χ0v) is 18.9. The van der Waals surface area contributed by atoms with Crippen LogP contribution in [0.15, 0.2) is 78.9 Å². The Kier molecular flexibility index (Phi) is 7.13. The van der Waals surface area contributed by atoms with Crippen molar-refractivity contribution in [1.82, 2.24) is 5.32 Å². The minimum atomic E-state index is -3.46. The van der Waals surface area contributed by atoms with Gasteiger partial charge in [0.05, 0.1) is 18.5 Å². The molecule has 0 unspecified atom stereocenters. The lowest BCUT2D eigenvalue weighted by atomic mass is 10.0. The van der Waals surface area contributed by atoms with Gasteiger partial charge in [0.15, 0.2) is 0 Å². The maximum atomic E-state index is 12.5. The third-order valence-electron chi connectivity index (χ3n) is 5.26. The summed E-state index contributed by atoms with van der Waals surface area (Å²) in [6, 6.07) is 24.5. The van der Waals surface area contributed by atoms with Gasteiger partial charge in [-0.15, -0.1) is 0 Å². The molecule has 31 heavy (non-hydrogen) atoms. The summed E-state index contributed by atoms with van der Waals surface area (Å²) in [5.41, 5.74) is 4.07. The van der Waals surface area contributed by atoms with E-state index in [4.69, 9.17) is 0 Å². The second kappa shape index (κ2) is 9.79. The van der Waals surface area contributed by atoms with Crippen molar-refractivity contribution in [2.24, 2.45) is 0 Å². The smallest absolute Gasteiger partial charge is 0.251 e. The number of hydrogen-bond donors (Lipinski definition) is 1. The maximum Gasteiger partial charge on any atom is 0.251 e. The molecule has 3 aromatic carbocycles. The Morgan fingerprint density at radius 3 is 2.16 bits per heavy atom. The average molecular weight is 437 g/mol. The Hall–Kier alpha value is -3.12. The van der Waals surface area contributed by atoms with Gasteiger partial charge in [0.1, 0.15) is 0 Å². The number of anilines is 1. The van der Waals surface area contributed by atoms with Gasteiger partial charge >= 0.3 is 0 Å². The largest absolute Gasteiger partial charge is 0.351 e. The fourth-order valence-corrected chi connectivity index (χ4v) is 4.34. The van der Waals surface area contributed by atoms with Gasteiger partial charge in [0, 0.05) is 12.1 Å². The lowest BCUT2D eigenvalue weighted by molar-refractivity contribution is 0.0951. The number of sulfonamides is 1. The first-order chi connectivity index (χ1) is 14.8. The topological polar surface area (TPSA) is 66.5 Å². The molecule has 0 aliphatic rings. The normalized spacial score (nSPS) is 12.2. The second-order valence-electron chi connectivity index (χ2n) is 7.77. The predicted molar refractivity (Wildman–Crippen MR) is 126 cm³/mol. The summed E-state index contributed by atoms with van der Waals surface area (Å²) >= 11 is 0. The fraction of sp³-hybridized carbons (Fsp3) is 0.240. The van der Waals surface area contributed by atoms with Crippen molar-refractivity contribution in [2.45, 2.75) is 26.3 Å². The van der Waals surface area contributed by atoms with Crippen LogP contribution >= 0.6 is 0 Å². The number of benzene rings is 3. The lowest BCUT2D eigenvalue weighted by Gasteiger charge is -2.24. The van der Waals surface area contributed by atoms with Crippen LogP contribution in [-0.2, 0) is 16.6 Å². The second-order valence-corrected chi connectivity index (χ2v) is 9.68. The number of para-hydroxylation sites is 1. The van der Waals surface area contributed by atoms with Gasteiger partial charge in [0.2, 0.25) is 10.0 Å². The standard InChI is InChI=1S/C25H28N2O3S/c1-19-9-7-8-12-24(19)27(31(3,29)30)18-21-13-15-23(16-14-21)25(28)26-17-20(2)22-10-5-4-6-11-22/h4-16,20H,17-18H2,1-3H3,(H,26,28)/t20-/m0/s1. The predicted octanol–water partition coefficient (Wildman–Crippen LogP) is 4.49. The molecule has 5 nitrogen and oxygen atoms in total. The molecule has 0 saturated heterocycles. The van der Waals surface area contributed by atoms with Gasteiger partial charge in [-0.3, -0.25) is 9.10 Å². The van der Waals surface area contributed by atoms with E-state index in [1.54, 1.807) is 30.3 Å². The fourth-order valence-electron chi connectivity index (χ4n) is 3.40. The number of nitrogens with zero attached hydrogens (tertiary/aromatic N) is 1. The molecule has 1 atom stereocenters. The van der Waals surface area contributed by atoms with Crippen LogP contribution in [0.25, 0.3) is 0 Å². The minimum absolute atomic E-state index is 0.145. The van der Waals surface area contributed by atoms with Gasteiger partial charge in [-0.25, -0.2) is 8.42 Å². The van der Waals surface area contributed by atoms with E-state index in [0.717, 1.165) is 11.1 Å². The third-order valence-corrected chi connectivity index (χ3v) is 6.39. The Morgan fingerprint density at radius 2 is 1.55 bits per heavy atom. The summed E-state index contributed by atoms with van der Waals surface area (Å²) < 4.78 is 26.2.